The largest absolute Gasteiger partial charge is 0.481 e. The molecule has 3 rings (SSSR count). The van der Waals surface area contributed by atoms with Crippen molar-refractivity contribution in [2.75, 3.05) is 44.3 Å². The summed E-state index contributed by atoms with van der Waals surface area (Å²) in [5, 5.41) is 29.7. The van der Waals surface area contributed by atoms with Crippen molar-refractivity contribution >= 4 is 80.6 Å². The van der Waals surface area contributed by atoms with Crippen molar-refractivity contribution < 1.29 is 75.7 Å². The molecule has 57 heavy (non-hydrogen) atoms. The van der Waals surface area contributed by atoms with E-state index in [9.17, 15) is 53.1 Å². The summed E-state index contributed by atoms with van der Waals surface area (Å²) in [6.07, 6.45) is -2.34. The topological polar surface area (TPSA) is 359 Å². The molecule has 1 saturated heterocycles. The monoisotopic (exact) mass is 910 g/mol. The van der Waals surface area contributed by atoms with Gasteiger partial charge < -0.3 is 56.2 Å². The standard InChI is InChI=1S/C28H49N8O16P3S2/c1-4-5-6-7-9-32-27(56)57-12-11-30-18(37)8-10-31-25(40)22(39)28(2,3)14-49-55(46,47)52-54(44,45)48-13-17-21(51-53(41,42)43)20(38)26(50-17)36-16-35-19-23(29)33-15-34-24(19)36/h15-17,20-22,26,38-39H,4-14H2,1-3H3,(H,30,37)(H,31,40)(H,32,56)(H,44,45)(H,46,47)(H2,29,33,34)(H2,41,42,43)/t17-,20-,21-,22?,26-/m1/s1. The number of aromatic nitrogens is 4. The quantitative estimate of drug-likeness (QED) is 0.0391. The zero-order valence-electron chi connectivity index (χ0n) is 31.1. The normalized spacial score (nSPS) is 21.4. The number of nitrogens with zero attached hydrogens (tertiary/aromatic N) is 4. The molecule has 2 aromatic heterocycles. The Bertz CT molecular complexity index is 1820. The minimum Gasteiger partial charge on any atom is -0.386 e. The lowest BCUT2D eigenvalue weighted by Crippen LogP contribution is -2.46. The third-order valence-electron chi connectivity index (χ3n) is 8.03. The fourth-order valence-corrected chi connectivity index (χ4v) is 8.84. The molecule has 3 heterocycles. The molecule has 1 fully saturated rings. The van der Waals surface area contributed by atoms with Crippen LogP contribution in [0.3, 0.4) is 0 Å². The number of fused-ring (bicyclic) bond motifs is 1. The summed E-state index contributed by atoms with van der Waals surface area (Å²) < 4.78 is 62.8. The van der Waals surface area contributed by atoms with Gasteiger partial charge in [-0.15, -0.1) is 0 Å². The van der Waals surface area contributed by atoms with Gasteiger partial charge in [-0.1, -0.05) is 64.0 Å². The molecule has 0 aromatic carbocycles. The van der Waals surface area contributed by atoms with E-state index in [1.165, 1.54) is 32.0 Å². The first kappa shape index (κ1) is 49.1. The lowest BCUT2D eigenvalue weighted by molar-refractivity contribution is -0.137. The van der Waals surface area contributed by atoms with Crippen molar-refractivity contribution in [2.24, 2.45) is 5.41 Å². The number of amides is 2. The van der Waals surface area contributed by atoms with Gasteiger partial charge in [0.05, 0.1) is 19.5 Å². The van der Waals surface area contributed by atoms with Crippen molar-refractivity contribution in [1.29, 1.82) is 0 Å². The molecule has 7 atom stereocenters. The van der Waals surface area contributed by atoms with E-state index in [-0.39, 0.29) is 35.9 Å². The molecular weight excluding hydrogens is 861 g/mol. The van der Waals surface area contributed by atoms with E-state index < -0.39 is 78.6 Å². The number of carbonyl (C=O) groups excluding carboxylic acids is 2. The van der Waals surface area contributed by atoms with Gasteiger partial charge in [0, 0.05) is 37.2 Å². The summed E-state index contributed by atoms with van der Waals surface area (Å²) in [5.41, 5.74) is 4.30. The van der Waals surface area contributed by atoms with Crippen molar-refractivity contribution in [3.8, 4) is 0 Å². The number of unbranched alkanes of at least 4 members (excludes halogenated alkanes) is 3. The van der Waals surface area contributed by atoms with E-state index in [2.05, 4.69) is 46.7 Å². The van der Waals surface area contributed by atoms with Gasteiger partial charge in [-0.2, -0.15) is 4.31 Å². The molecule has 29 heteroatoms. The number of nitrogens with two attached hydrogens (primary N) is 1. The average Bonchev–Trinajstić information content (AvgIpc) is 3.68. The van der Waals surface area contributed by atoms with Gasteiger partial charge in [-0.05, 0) is 6.42 Å². The number of nitrogen functional groups attached to an aromatic ring is 1. The van der Waals surface area contributed by atoms with Crippen LogP contribution in [0.5, 0.6) is 0 Å². The first-order chi connectivity index (χ1) is 26.6. The number of thiocarbonyl (C=S) groups is 1. The Labute approximate surface area is 336 Å². The fourth-order valence-electron chi connectivity index (χ4n) is 5.07. The zero-order chi connectivity index (χ0) is 42.6. The number of aliphatic hydroxyl groups is 2. The van der Waals surface area contributed by atoms with Crippen LogP contribution in [0.15, 0.2) is 12.7 Å². The van der Waals surface area contributed by atoms with Gasteiger partial charge in [0.15, 0.2) is 17.7 Å². The Morgan fingerprint density at radius 3 is 2.42 bits per heavy atom. The van der Waals surface area contributed by atoms with E-state index in [0.717, 1.165) is 43.0 Å². The predicted molar refractivity (Wildman–Crippen MR) is 207 cm³/mol. The van der Waals surface area contributed by atoms with E-state index in [1.54, 1.807) is 0 Å². The summed E-state index contributed by atoms with van der Waals surface area (Å²) in [5.74, 6) is -0.817. The second-order valence-electron chi connectivity index (χ2n) is 13.2. The Morgan fingerprint density at radius 1 is 1.04 bits per heavy atom. The van der Waals surface area contributed by atoms with Gasteiger partial charge in [-0.25, -0.2) is 28.6 Å². The highest BCUT2D eigenvalue weighted by atomic mass is 32.2. The molecule has 0 saturated carbocycles. The Morgan fingerprint density at radius 2 is 1.74 bits per heavy atom. The first-order valence-corrected chi connectivity index (χ1v) is 23.3. The second-order valence-corrected chi connectivity index (χ2v) is 19.2. The molecule has 2 amide bonds. The third-order valence-corrected chi connectivity index (χ3v) is 12.4. The summed E-state index contributed by atoms with van der Waals surface area (Å²) >= 11 is 6.65. The summed E-state index contributed by atoms with van der Waals surface area (Å²) in [6, 6.07) is 0. The van der Waals surface area contributed by atoms with Crippen LogP contribution >= 0.6 is 47.4 Å². The first-order valence-electron chi connectivity index (χ1n) is 17.4. The number of ether oxygens (including phenoxy) is 1. The number of imidazole rings is 1. The number of aliphatic hydroxyl groups excluding tert-OH is 2. The Hall–Kier alpha value is -2.22. The molecule has 0 spiro atoms. The Balaban J connectivity index is 1.45. The summed E-state index contributed by atoms with van der Waals surface area (Å²) in [7, 11) is -16.4. The number of phosphoric acid groups is 3. The fraction of sp³-hybridized carbons (Fsp3) is 0.714. The van der Waals surface area contributed by atoms with Crippen molar-refractivity contribution in [3.63, 3.8) is 0 Å². The number of hydrogen-bond donors (Lipinski definition) is 10. The number of anilines is 1. The number of thioether (sulfide) groups is 1. The van der Waals surface area contributed by atoms with Gasteiger partial charge in [-0.3, -0.25) is 27.7 Å². The lowest BCUT2D eigenvalue weighted by Gasteiger charge is -2.30. The maximum Gasteiger partial charge on any atom is 0.481 e. The van der Waals surface area contributed by atoms with Gasteiger partial charge in [0.2, 0.25) is 11.8 Å². The molecule has 3 unspecified atom stereocenters. The number of nitrogens with one attached hydrogen (secondary N) is 3. The molecule has 1 aliphatic heterocycles. The molecule has 324 valence electrons. The minimum absolute atomic E-state index is 0.0362. The second kappa shape index (κ2) is 21.9. The molecule has 1 aliphatic rings. The third kappa shape index (κ3) is 16.1. The van der Waals surface area contributed by atoms with Crippen LogP contribution in [0.2, 0.25) is 0 Å². The molecule has 24 nitrogen and oxygen atoms in total. The predicted octanol–water partition coefficient (Wildman–Crippen LogP) is 0.593. The highest BCUT2D eigenvalue weighted by molar-refractivity contribution is 8.22. The minimum atomic E-state index is -5.56. The van der Waals surface area contributed by atoms with Gasteiger partial charge >= 0.3 is 23.5 Å². The molecule has 11 N–H and O–H groups in total. The van der Waals surface area contributed by atoms with Crippen LogP contribution in [-0.2, 0) is 45.9 Å². The van der Waals surface area contributed by atoms with Gasteiger partial charge in [0.25, 0.3) is 0 Å². The maximum absolute atomic E-state index is 12.7. The molecule has 2 aromatic rings. The van der Waals surface area contributed by atoms with E-state index in [0.29, 0.717) is 16.6 Å². The van der Waals surface area contributed by atoms with E-state index >= 15 is 0 Å². The highest BCUT2D eigenvalue weighted by Crippen LogP contribution is 2.61. The lowest BCUT2D eigenvalue weighted by atomic mass is 9.87. The van der Waals surface area contributed by atoms with Crippen LogP contribution in [0, 0.1) is 5.41 Å². The summed E-state index contributed by atoms with van der Waals surface area (Å²) in [4.78, 5) is 75.7. The molecule has 0 bridgehead atoms. The van der Waals surface area contributed by atoms with E-state index in [1.807, 2.05) is 0 Å². The maximum atomic E-state index is 12.7. The number of hydrogen-bond acceptors (Lipinski definition) is 18. The molecule has 0 aliphatic carbocycles. The SMILES string of the molecule is CCCCCCNC(=S)SCCNC(=O)CCNC(=O)C(O)C(C)(C)COP(=O)(O)OP(=O)(O)OC[C@H]1O[C@@H](n2cnc3c(N)ncnc32)[C@H](O)[C@@H]1OP(=O)(O)O. The number of phosphoric ester groups is 3. The molecule has 0 radical (unpaired) electrons. The van der Waals surface area contributed by atoms with Crippen LogP contribution in [-0.4, -0.2) is 128 Å². The van der Waals surface area contributed by atoms with Crippen molar-refractivity contribution in [3.05, 3.63) is 12.7 Å². The van der Waals surface area contributed by atoms with Crippen LogP contribution in [0.1, 0.15) is 59.1 Å². The van der Waals surface area contributed by atoms with Gasteiger partial charge in [0.1, 0.15) is 40.6 Å². The number of rotatable bonds is 24. The van der Waals surface area contributed by atoms with Crippen molar-refractivity contribution in [1.82, 2.24) is 35.5 Å². The number of carbonyl (C=O) groups is 2. The summed E-state index contributed by atoms with van der Waals surface area (Å²) in [6.45, 7) is 3.65. The smallest absolute Gasteiger partial charge is 0.386 e. The average molecular weight is 911 g/mol. The highest BCUT2D eigenvalue weighted by Gasteiger charge is 2.50. The van der Waals surface area contributed by atoms with E-state index in [4.69, 9.17) is 31.7 Å². The molecular formula is C28H49N8O16P3S2. The van der Waals surface area contributed by atoms with Crippen LogP contribution < -0.4 is 21.7 Å². The Kier molecular flexibility index (Phi) is 18.8. The van der Waals surface area contributed by atoms with Crippen LogP contribution in [0.4, 0.5) is 5.82 Å². The van der Waals surface area contributed by atoms with Crippen LogP contribution in [0.25, 0.3) is 11.2 Å². The van der Waals surface area contributed by atoms with Crippen molar-refractivity contribution in [2.45, 2.75) is 83.5 Å². The zero-order valence-corrected chi connectivity index (χ0v) is 35.4.